The molecule has 0 saturated carbocycles. The highest BCUT2D eigenvalue weighted by molar-refractivity contribution is 6.10. The van der Waals surface area contributed by atoms with Crippen molar-refractivity contribution in [3.63, 3.8) is 0 Å². The molecule has 32 heavy (non-hydrogen) atoms. The van der Waals surface area contributed by atoms with Crippen molar-refractivity contribution in [1.82, 2.24) is 10.3 Å². The van der Waals surface area contributed by atoms with Crippen LogP contribution >= 0.6 is 0 Å². The number of anilines is 2. The summed E-state index contributed by atoms with van der Waals surface area (Å²) < 4.78 is 6.32. The number of hydrogen-bond acceptors (Lipinski definition) is 5. The molecule has 1 aromatic heterocycles. The summed E-state index contributed by atoms with van der Waals surface area (Å²) in [6, 6.07) is 20.2. The third kappa shape index (κ3) is 4.98. The first-order valence-electron chi connectivity index (χ1n) is 11.0. The predicted molar refractivity (Wildman–Crippen MR) is 128 cm³/mol. The van der Waals surface area contributed by atoms with Crippen LogP contribution in [0.25, 0.3) is 0 Å². The maximum absolute atomic E-state index is 13.3. The quantitative estimate of drug-likeness (QED) is 0.584. The van der Waals surface area contributed by atoms with E-state index in [1.54, 1.807) is 18.5 Å². The van der Waals surface area contributed by atoms with Crippen molar-refractivity contribution in [1.29, 1.82) is 0 Å². The third-order valence-electron chi connectivity index (χ3n) is 5.85. The smallest absolute Gasteiger partial charge is 0.260 e. The van der Waals surface area contributed by atoms with Gasteiger partial charge in [-0.15, -0.1) is 0 Å². The zero-order valence-electron chi connectivity index (χ0n) is 18.7. The van der Waals surface area contributed by atoms with Gasteiger partial charge in [-0.1, -0.05) is 42.5 Å². The molecule has 0 saturated heterocycles. The molecule has 0 aliphatic carbocycles. The largest absolute Gasteiger partial charge is 0.371 e. The minimum atomic E-state index is 0.000927. The molecule has 1 atom stereocenters. The molecular formula is C26H30N4O2. The normalized spacial score (nSPS) is 14.8. The van der Waals surface area contributed by atoms with E-state index in [0.717, 1.165) is 36.4 Å². The molecular weight excluding hydrogens is 400 g/mol. The van der Waals surface area contributed by atoms with Crippen molar-refractivity contribution in [2.45, 2.75) is 19.1 Å². The van der Waals surface area contributed by atoms with Gasteiger partial charge in [-0.3, -0.25) is 9.78 Å². The molecule has 0 spiro atoms. The van der Waals surface area contributed by atoms with Gasteiger partial charge in [-0.2, -0.15) is 0 Å². The summed E-state index contributed by atoms with van der Waals surface area (Å²) in [5.74, 6) is 0.000927. The molecule has 2 aromatic carbocycles. The Balaban J connectivity index is 1.51. The molecule has 4 rings (SSSR count). The Morgan fingerprint density at radius 3 is 2.75 bits per heavy atom. The lowest BCUT2D eigenvalue weighted by Crippen LogP contribution is -2.33. The number of aromatic nitrogens is 1. The van der Waals surface area contributed by atoms with E-state index in [9.17, 15) is 4.79 Å². The van der Waals surface area contributed by atoms with Crippen molar-refractivity contribution >= 4 is 17.3 Å². The van der Waals surface area contributed by atoms with Crippen LogP contribution in [0.1, 0.15) is 34.0 Å². The molecule has 0 radical (unpaired) electrons. The maximum Gasteiger partial charge on any atom is 0.260 e. The second-order valence-corrected chi connectivity index (χ2v) is 8.04. The lowest BCUT2D eigenvalue weighted by atomic mass is 10.1. The number of nitrogens with zero attached hydrogens (tertiary/aromatic N) is 3. The van der Waals surface area contributed by atoms with Crippen LogP contribution in [0.3, 0.4) is 0 Å². The second kappa shape index (κ2) is 10.4. The Hall–Kier alpha value is -3.22. The fourth-order valence-corrected chi connectivity index (χ4v) is 4.04. The highest BCUT2D eigenvalue weighted by Gasteiger charge is 2.26. The second-order valence-electron chi connectivity index (χ2n) is 8.04. The lowest BCUT2D eigenvalue weighted by Gasteiger charge is -2.23. The van der Waals surface area contributed by atoms with E-state index < -0.39 is 0 Å². The Labute approximate surface area is 189 Å². The molecule has 2 heterocycles. The van der Waals surface area contributed by atoms with E-state index in [1.165, 1.54) is 5.56 Å². The Morgan fingerprint density at radius 1 is 1.09 bits per heavy atom. The van der Waals surface area contributed by atoms with Crippen LogP contribution in [0.2, 0.25) is 0 Å². The highest BCUT2D eigenvalue weighted by Crippen LogP contribution is 2.28. The number of fused-ring (bicyclic) bond motifs is 1. The van der Waals surface area contributed by atoms with Gasteiger partial charge in [-0.05, 0) is 49.3 Å². The van der Waals surface area contributed by atoms with Crippen LogP contribution in [0.4, 0.5) is 11.4 Å². The molecule has 0 fully saturated rings. The minimum Gasteiger partial charge on any atom is -0.371 e. The van der Waals surface area contributed by atoms with Crippen molar-refractivity contribution in [3.8, 4) is 0 Å². The van der Waals surface area contributed by atoms with Gasteiger partial charge in [0.05, 0.1) is 30.2 Å². The summed E-state index contributed by atoms with van der Waals surface area (Å²) in [5, 5.41) is 3.21. The zero-order chi connectivity index (χ0) is 22.3. The molecule has 1 unspecified atom stereocenters. The van der Waals surface area contributed by atoms with Crippen molar-refractivity contribution in [2.24, 2.45) is 0 Å². The van der Waals surface area contributed by atoms with Crippen LogP contribution in [-0.4, -0.2) is 44.6 Å². The van der Waals surface area contributed by atoms with E-state index in [0.29, 0.717) is 18.7 Å². The van der Waals surface area contributed by atoms with Gasteiger partial charge in [-0.25, -0.2) is 0 Å². The maximum atomic E-state index is 13.3. The molecule has 3 aromatic rings. The number of benzene rings is 2. The number of nitrogens with one attached hydrogen (secondary N) is 1. The third-order valence-corrected chi connectivity index (χ3v) is 5.85. The molecule has 1 N–H and O–H groups in total. The topological polar surface area (TPSA) is 57.7 Å². The molecule has 1 aliphatic rings. The van der Waals surface area contributed by atoms with Gasteiger partial charge in [0.1, 0.15) is 0 Å². The fourth-order valence-electron chi connectivity index (χ4n) is 4.04. The van der Waals surface area contributed by atoms with Crippen LogP contribution in [0.5, 0.6) is 0 Å². The van der Waals surface area contributed by atoms with Gasteiger partial charge >= 0.3 is 0 Å². The Kier molecular flexibility index (Phi) is 7.14. The summed E-state index contributed by atoms with van der Waals surface area (Å²) in [4.78, 5) is 21.4. The zero-order valence-corrected chi connectivity index (χ0v) is 18.7. The predicted octanol–water partition coefficient (Wildman–Crippen LogP) is 4.05. The molecule has 6 heteroatoms. The minimum absolute atomic E-state index is 0.000927. The number of amides is 1. The fraction of sp³-hybridized carbons (Fsp3) is 0.308. The van der Waals surface area contributed by atoms with Crippen molar-refractivity contribution in [2.75, 3.05) is 43.5 Å². The van der Waals surface area contributed by atoms with Gasteiger partial charge in [0, 0.05) is 32.0 Å². The molecule has 1 aliphatic heterocycles. The average Bonchev–Trinajstić information content (AvgIpc) is 2.96. The van der Waals surface area contributed by atoms with Crippen LogP contribution in [-0.2, 0) is 11.3 Å². The van der Waals surface area contributed by atoms with Gasteiger partial charge in [0.15, 0.2) is 0 Å². The summed E-state index contributed by atoms with van der Waals surface area (Å²) in [5.41, 5.74) is 4.66. The number of carbonyl (C=O) groups is 1. The van der Waals surface area contributed by atoms with Crippen LogP contribution in [0, 0.1) is 0 Å². The molecule has 1 amide bonds. The van der Waals surface area contributed by atoms with E-state index in [1.807, 2.05) is 49.3 Å². The Bertz CT molecular complexity index is 1040. The van der Waals surface area contributed by atoms with E-state index >= 15 is 0 Å². The molecule has 6 nitrogen and oxygen atoms in total. The van der Waals surface area contributed by atoms with Gasteiger partial charge < -0.3 is 19.9 Å². The number of carbonyl (C=O) groups excluding carboxylic acids is 1. The summed E-state index contributed by atoms with van der Waals surface area (Å²) in [6.45, 7) is 2.72. The summed E-state index contributed by atoms with van der Waals surface area (Å²) >= 11 is 0. The van der Waals surface area contributed by atoms with Gasteiger partial charge in [0.25, 0.3) is 5.91 Å². The van der Waals surface area contributed by atoms with E-state index in [-0.39, 0.29) is 12.0 Å². The number of hydrogen-bond donors (Lipinski definition) is 1. The summed E-state index contributed by atoms with van der Waals surface area (Å²) in [6.07, 6.45) is 4.34. The first kappa shape index (κ1) is 22.0. The monoisotopic (exact) mass is 430 g/mol. The number of pyridine rings is 1. The highest BCUT2D eigenvalue weighted by atomic mass is 16.5. The van der Waals surface area contributed by atoms with E-state index in [2.05, 4.69) is 39.5 Å². The van der Waals surface area contributed by atoms with Crippen molar-refractivity contribution in [3.05, 3.63) is 89.7 Å². The van der Waals surface area contributed by atoms with E-state index in [4.69, 9.17) is 4.74 Å². The molecule has 166 valence electrons. The molecule has 0 bridgehead atoms. The Morgan fingerprint density at radius 2 is 1.94 bits per heavy atom. The average molecular weight is 431 g/mol. The van der Waals surface area contributed by atoms with Crippen LogP contribution in [0.15, 0.2) is 73.1 Å². The standard InChI is InChI=1S/C26H30N4O2/c1-27-13-12-25(21-8-4-3-5-9-21)32-19-20-7-6-10-22(17-20)30-16-15-29(2)24-18-28-14-11-23(24)26(30)31/h3-11,14,17-18,25,27H,12-13,15-16,19H2,1-2H3. The van der Waals surface area contributed by atoms with Gasteiger partial charge in [0.2, 0.25) is 0 Å². The van der Waals surface area contributed by atoms with Crippen molar-refractivity contribution < 1.29 is 9.53 Å². The first-order chi connectivity index (χ1) is 15.7. The van der Waals surface area contributed by atoms with Crippen LogP contribution < -0.4 is 15.1 Å². The number of likely N-dealkylation sites (N-methyl/N-ethyl adjacent to an activating group) is 1. The number of ether oxygens (including phenoxy) is 1. The first-order valence-corrected chi connectivity index (χ1v) is 11.0. The SMILES string of the molecule is CNCCC(OCc1cccc(N2CCN(C)c3cnccc3C2=O)c1)c1ccccc1. The number of rotatable bonds is 8. The summed E-state index contributed by atoms with van der Waals surface area (Å²) in [7, 11) is 3.95. The lowest BCUT2D eigenvalue weighted by molar-refractivity contribution is 0.0344.